The van der Waals surface area contributed by atoms with Crippen LogP contribution in [0.4, 0.5) is 0 Å². The summed E-state index contributed by atoms with van der Waals surface area (Å²) in [6.45, 7) is 6.87. The summed E-state index contributed by atoms with van der Waals surface area (Å²) in [5, 5.41) is 0. The van der Waals surface area contributed by atoms with Crippen LogP contribution in [-0.2, 0) is 26.2 Å². The molecular weight excluding hydrogens is 306 g/mol. The van der Waals surface area contributed by atoms with Crippen molar-refractivity contribution in [1.82, 2.24) is 0 Å². The molecule has 1 unspecified atom stereocenters. The summed E-state index contributed by atoms with van der Waals surface area (Å²) in [5.74, 6) is 1.56. The quantitative estimate of drug-likeness (QED) is 0.523. The van der Waals surface area contributed by atoms with E-state index in [0.717, 1.165) is 11.8 Å². The molecule has 0 heterocycles. The van der Waals surface area contributed by atoms with Crippen LogP contribution in [0.3, 0.4) is 0 Å². The van der Waals surface area contributed by atoms with Crippen molar-refractivity contribution in [3.63, 3.8) is 0 Å². The van der Waals surface area contributed by atoms with Crippen molar-refractivity contribution in [2.45, 2.75) is 52.9 Å². The molecule has 0 aromatic carbocycles. The van der Waals surface area contributed by atoms with Crippen molar-refractivity contribution < 1.29 is 51.0 Å². The van der Waals surface area contributed by atoms with E-state index in [0.29, 0.717) is 0 Å². The molecule has 0 amide bonds. The van der Waals surface area contributed by atoms with E-state index in [-0.39, 0.29) is 51.0 Å². The molecule has 15 heavy (non-hydrogen) atoms. The zero-order chi connectivity index (χ0) is 8.97. The molecule has 0 saturated heterocycles. The summed E-state index contributed by atoms with van der Waals surface area (Å²) in [6.07, 6.45) is 10.3. The van der Waals surface area contributed by atoms with Gasteiger partial charge in [0.1, 0.15) is 0 Å². The SMILES string of the molecule is CCCCC1=[C-]C(C(C)C)CC1.[Cl-].[Cl-].[Zr+3]. The van der Waals surface area contributed by atoms with Crippen molar-refractivity contribution in [2.75, 3.05) is 0 Å². The Labute approximate surface area is 127 Å². The molecule has 0 aliphatic heterocycles. The number of hydrogen-bond acceptors (Lipinski definition) is 0. The zero-order valence-electron chi connectivity index (χ0n) is 9.95. The van der Waals surface area contributed by atoms with E-state index >= 15 is 0 Å². The van der Waals surface area contributed by atoms with Crippen LogP contribution in [0.5, 0.6) is 0 Å². The third kappa shape index (κ3) is 8.00. The van der Waals surface area contributed by atoms with Crippen LogP contribution in [0, 0.1) is 17.9 Å². The predicted octanol–water partition coefficient (Wildman–Crippen LogP) is -2.02. The Morgan fingerprint density at radius 1 is 1.33 bits per heavy atom. The largest absolute Gasteiger partial charge is 3.00 e. The summed E-state index contributed by atoms with van der Waals surface area (Å²) < 4.78 is 0. The molecule has 1 rings (SSSR count). The van der Waals surface area contributed by atoms with E-state index in [2.05, 4.69) is 26.8 Å². The Morgan fingerprint density at radius 3 is 2.33 bits per heavy atom. The Balaban J connectivity index is -0.000000480. The van der Waals surface area contributed by atoms with E-state index in [4.69, 9.17) is 0 Å². The molecule has 0 bridgehead atoms. The van der Waals surface area contributed by atoms with Crippen LogP contribution in [-0.4, -0.2) is 0 Å². The summed E-state index contributed by atoms with van der Waals surface area (Å²) in [5.41, 5.74) is 1.61. The minimum absolute atomic E-state index is 0. The smallest absolute Gasteiger partial charge is 1.00 e. The third-order valence-electron chi connectivity index (χ3n) is 2.78. The molecule has 0 aromatic heterocycles. The van der Waals surface area contributed by atoms with Gasteiger partial charge >= 0.3 is 26.2 Å². The monoisotopic (exact) mass is 325 g/mol. The van der Waals surface area contributed by atoms with Gasteiger partial charge in [0, 0.05) is 0 Å². The topological polar surface area (TPSA) is 0 Å². The average molecular weight is 327 g/mol. The van der Waals surface area contributed by atoms with Crippen LogP contribution in [0.1, 0.15) is 52.9 Å². The van der Waals surface area contributed by atoms with Gasteiger partial charge in [-0.25, -0.2) is 0 Å². The van der Waals surface area contributed by atoms with E-state index < -0.39 is 0 Å². The first-order valence-corrected chi connectivity index (χ1v) is 5.35. The first-order valence-electron chi connectivity index (χ1n) is 5.35. The molecule has 0 nitrogen and oxygen atoms in total. The van der Waals surface area contributed by atoms with E-state index in [1.54, 1.807) is 5.57 Å². The predicted molar refractivity (Wildman–Crippen MR) is 53.8 cm³/mol. The van der Waals surface area contributed by atoms with Gasteiger partial charge in [-0.1, -0.05) is 58.8 Å². The molecule has 87 valence electrons. The molecule has 0 aromatic rings. The van der Waals surface area contributed by atoms with Gasteiger partial charge in [0.05, 0.1) is 0 Å². The number of rotatable bonds is 4. The maximum atomic E-state index is 3.64. The molecule has 0 spiro atoms. The maximum Gasteiger partial charge on any atom is 3.00 e. The molecule has 0 saturated carbocycles. The fraction of sp³-hybridized carbons (Fsp3) is 0.833. The minimum Gasteiger partial charge on any atom is -1.00 e. The van der Waals surface area contributed by atoms with Crippen molar-refractivity contribution in [1.29, 1.82) is 0 Å². The fourth-order valence-electron chi connectivity index (χ4n) is 1.82. The van der Waals surface area contributed by atoms with E-state index in [1.807, 2.05) is 0 Å². The standard InChI is InChI=1S/C12H21.2ClH.Zr/c1-4-5-6-11-7-8-12(9-11)10(2)3;;;/h10,12H,4-8H2,1-3H3;2*1H;/q-1;;;+3/p-2. The second kappa shape index (κ2) is 11.7. The summed E-state index contributed by atoms with van der Waals surface area (Å²) >= 11 is 0. The van der Waals surface area contributed by atoms with Gasteiger partial charge in [0.2, 0.25) is 0 Å². The van der Waals surface area contributed by atoms with E-state index in [1.165, 1.54) is 32.1 Å². The van der Waals surface area contributed by atoms with Gasteiger partial charge < -0.3 is 30.9 Å². The number of halogens is 2. The Kier molecular flexibility index (Phi) is 16.7. The Bertz CT molecular complexity index is 167. The van der Waals surface area contributed by atoms with E-state index in [9.17, 15) is 0 Å². The van der Waals surface area contributed by atoms with Crippen molar-refractivity contribution in [3.05, 3.63) is 11.6 Å². The van der Waals surface area contributed by atoms with Gasteiger partial charge in [-0.2, -0.15) is 5.92 Å². The van der Waals surface area contributed by atoms with Crippen LogP contribution in [0.15, 0.2) is 5.57 Å². The van der Waals surface area contributed by atoms with Crippen LogP contribution < -0.4 is 24.8 Å². The first-order chi connectivity index (χ1) is 5.74. The van der Waals surface area contributed by atoms with Crippen molar-refractivity contribution in [2.24, 2.45) is 11.8 Å². The van der Waals surface area contributed by atoms with Gasteiger partial charge in [-0.05, 0) is 0 Å². The normalized spacial score (nSPS) is 18.7. The van der Waals surface area contributed by atoms with Crippen molar-refractivity contribution in [3.8, 4) is 0 Å². The summed E-state index contributed by atoms with van der Waals surface area (Å²) in [4.78, 5) is 0. The molecule has 1 atom stereocenters. The number of allylic oxidation sites excluding steroid dienone is 2. The summed E-state index contributed by atoms with van der Waals surface area (Å²) in [6, 6.07) is 0. The molecule has 0 N–H and O–H groups in total. The fourth-order valence-corrected chi connectivity index (χ4v) is 1.82. The average Bonchev–Trinajstić information content (AvgIpc) is 2.48. The Hall–Kier alpha value is 1.20. The van der Waals surface area contributed by atoms with Gasteiger partial charge in [0.15, 0.2) is 0 Å². The summed E-state index contributed by atoms with van der Waals surface area (Å²) in [7, 11) is 0. The molecule has 0 fully saturated rings. The van der Waals surface area contributed by atoms with Crippen LogP contribution >= 0.6 is 0 Å². The molecule has 1 aliphatic rings. The maximum absolute atomic E-state index is 3.64. The first kappa shape index (κ1) is 21.5. The minimum atomic E-state index is 0. The molecule has 1 aliphatic carbocycles. The second-order valence-corrected chi connectivity index (χ2v) is 4.24. The van der Waals surface area contributed by atoms with Crippen molar-refractivity contribution >= 4 is 0 Å². The van der Waals surface area contributed by atoms with Crippen LogP contribution in [0.2, 0.25) is 0 Å². The van der Waals surface area contributed by atoms with Gasteiger partial charge in [0.25, 0.3) is 0 Å². The van der Waals surface area contributed by atoms with Gasteiger partial charge in [-0.15, -0.1) is 0 Å². The number of unbranched alkanes of at least 4 members (excludes halogenated alkanes) is 1. The number of hydrogen-bond donors (Lipinski definition) is 0. The third-order valence-corrected chi connectivity index (χ3v) is 2.78. The zero-order valence-corrected chi connectivity index (χ0v) is 13.9. The molecular formula is C12H21Cl2Zr. The van der Waals surface area contributed by atoms with Crippen LogP contribution in [0.25, 0.3) is 0 Å². The molecule has 1 radical (unpaired) electrons. The molecule has 3 heteroatoms. The Morgan fingerprint density at radius 2 is 1.93 bits per heavy atom. The van der Waals surface area contributed by atoms with Gasteiger partial charge in [-0.3, -0.25) is 5.57 Å². The second-order valence-electron chi connectivity index (χ2n) is 4.24.